The van der Waals surface area contributed by atoms with Crippen molar-refractivity contribution in [2.45, 2.75) is 25.0 Å². The first-order valence-electron chi connectivity index (χ1n) is 9.46. The van der Waals surface area contributed by atoms with E-state index >= 15 is 0 Å². The lowest BCUT2D eigenvalue weighted by Crippen LogP contribution is -2.60. The van der Waals surface area contributed by atoms with E-state index in [0.29, 0.717) is 21.7 Å². The van der Waals surface area contributed by atoms with Gasteiger partial charge in [0.05, 0.1) is 16.9 Å². The lowest BCUT2D eigenvalue weighted by Gasteiger charge is -2.43. The van der Waals surface area contributed by atoms with Gasteiger partial charge in [-0.25, -0.2) is 4.79 Å². The van der Waals surface area contributed by atoms with E-state index in [1.54, 1.807) is 31.2 Å². The van der Waals surface area contributed by atoms with Crippen LogP contribution in [0.5, 0.6) is 0 Å². The Morgan fingerprint density at radius 3 is 2.48 bits per heavy atom. The zero-order valence-electron chi connectivity index (χ0n) is 16.4. The molecule has 10 heteroatoms. The molecule has 3 N–H and O–H groups in total. The fourth-order valence-corrected chi connectivity index (χ4v) is 5.15. The molecule has 0 bridgehead atoms. The number of benzene rings is 2. The molecule has 4 rings (SSSR count). The highest BCUT2D eigenvalue weighted by atomic mass is 32.2. The van der Waals surface area contributed by atoms with Crippen LogP contribution in [0.25, 0.3) is 4.91 Å². The maximum atomic E-state index is 13.0. The predicted octanol–water partition coefficient (Wildman–Crippen LogP) is 2.50. The summed E-state index contributed by atoms with van der Waals surface area (Å²) >= 11 is 1.33. The van der Waals surface area contributed by atoms with Crippen LogP contribution in [0.2, 0.25) is 0 Å². The number of hydrogen-bond donors (Lipinski definition) is 2. The molecule has 2 aromatic rings. The first kappa shape index (κ1) is 20.9. The van der Waals surface area contributed by atoms with E-state index in [9.17, 15) is 24.8 Å². The van der Waals surface area contributed by atoms with Crippen molar-refractivity contribution >= 4 is 39.9 Å². The predicted molar refractivity (Wildman–Crippen MR) is 114 cm³/mol. The van der Waals surface area contributed by atoms with Crippen molar-refractivity contribution in [2.24, 2.45) is 5.92 Å². The maximum absolute atomic E-state index is 13.0. The number of non-ortho nitro benzene ring substituents is 1. The number of hydrogen-bond acceptors (Lipinski definition) is 8. The smallest absolute Gasteiger partial charge is 0.356 e. The van der Waals surface area contributed by atoms with Gasteiger partial charge in [0, 0.05) is 22.7 Å². The third kappa shape index (κ3) is 3.75. The van der Waals surface area contributed by atoms with Gasteiger partial charge in [-0.2, -0.15) is 0 Å². The average Bonchev–Trinajstić information content (AvgIpc) is 3.07. The minimum absolute atomic E-state index is 0.0613. The standard InChI is InChI=1S/C21H19N3O6S/c1-11(25)16-19(26)23-17(18(31-20(16)23)13-4-6-14(22)7-5-13)21(27)30-10-12-2-8-15(9-3-12)24(28)29/h2-9,11,16,20,25H,10,22H2,1H3/t11-,16+,20-/m1/s1. The third-order valence-electron chi connectivity index (χ3n) is 5.18. The highest BCUT2D eigenvalue weighted by Crippen LogP contribution is 2.54. The average molecular weight is 441 g/mol. The van der Waals surface area contributed by atoms with Crippen LogP contribution in [0.3, 0.4) is 0 Å². The molecule has 2 aliphatic heterocycles. The Labute approximate surface area is 181 Å². The number of nitro groups is 1. The summed E-state index contributed by atoms with van der Waals surface area (Å²) in [7, 11) is 0. The largest absolute Gasteiger partial charge is 0.456 e. The highest BCUT2D eigenvalue weighted by Gasteiger charge is 2.58. The first-order valence-corrected chi connectivity index (χ1v) is 10.3. The molecule has 2 heterocycles. The number of amides is 1. The van der Waals surface area contributed by atoms with Gasteiger partial charge in [0.2, 0.25) is 5.91 Å². The van der Waals surface area contributed by atoms with Crippen LogP contribution in [-0.2, 0) is 20.9 Å². The summed E-state index contributed by atoms with van der Waals surface area (Å²) in [5.74, 6) is -1.62. The molecule has 0 spiro atoms. The summed E-state index contributed by atoms with van der Waals surface area (Å²) in [5.41, 5.74) is 7.68. The van der Waals surface area contributed by atoms with Gasteiger partial charge >= 0.3 is 5.97 Å². The number of anilines is 1. The molecule has 1 saturated heterocycles. The number of nitro benzene ring substituents is 1. The number of rotatable bonds is 6. The number of β-lactam (4-membered cyclic amide) rings is 1. The molecule has 0 radical (unpaired) electrons. The van der Waals surface area contributed by atoms with Crippen molar-refractivity contribution in [1.82, 2.24) is 4.90 Å². The Morgan fingerprint density at radius 2 is 1.90 bits per heavy atom. The van der Waals surface area contributed by atoms with Gasteiger partial charge in [-0.1, -0.05) is 23.9 Å². The van der Waals surface area contributed by atoms with Gasteiger partial charge in [0.15, 0.2) is 0 Å². The van der Waals surface area contributed by atoms with E-state index < -0.39 is 22.9 Å². The number of aliphatic hydroxyl groups excluding tert-OH is 1. The second-order valence-electron chi connectivity index (χ2n) is 7.28. The number of carbonyl (C=O) groups is 2. The summed E-state index contributed by atoms with van der Waals surface area (Å²) in [5, 5.41) is 20.3. The van der Waals surface area contributed by atoms with Crippen LogP contribution in [0, 0.1) is 16.0 Å². The summed E-state index contributed by atoms with van der Waals surface area (Å²) in [4.78, 5) is 37.8. The van der Waals surface area contributed by atoms with Crippen LogP contribution in [-0.4, -0.2) is 38.3 Å². The molecular weight excluding hydrogens is 422 g/mol. The van der Waals surface area contributed by atoms with Gasteiger partial charge in [0.25, 0.3) is 5.69 Å². The summed E-state index contributed by atoms with van der Waals surface area (Å²) in [6.07, 6.45) is -0.843. The molecule has 0 aliphatic carbocycles. The molecule has 0 aromatic heterocycles. The SMILES string of the molecule is C[C@@H](O)[C@H]1C(=O)N2C(C(=O)OCc3ccc([N+](=O)[O-])cc3)=C(c3ccc(N)cc3)S[C@H]12. The second-order valence-corrected chi connectivity index (χ2v) is 8.41. The summed E-state index contributed by atoms with van der Waals surface area (Å²) < 4.78 is 5.42. The van der Waals surface area contributed by atoms with Gasteiger partial charge in [-0.3, -0.25) is 19.8 Å². The number of esters is 1. The van der Waals surface area contributed by atoms with Crippen molar-refractivity contribution in [3.05, 3.63) is 75.5 Å². The normalized spacial score (nSPS) is 20.8. The fourth-order valence-electron chi connectivity index (χ4n) is 3.54. The molecular formula is C21H19N3O6S. The molecule has 0 unspecified atom stereocenters. The Balaban J connectivity index is 1.59. The molecule has 9 nitrogen and oxygen atoms in total. The quantitative estimate of drug-likeness (QED) is 0.229. The van der Waals surface area contributed by atoms with E-state index in [1.165, 1.54) is 40.9 Å². The van der Waals surface area contributed by atoms with Crippen molar-refractivity contribution in [3.8, 4) is 0 Å². The van der Waals surface area contributed by atoms with Crippen molar-refractivity contribution in [2.75, 3.05) is 5.73 Å². The topological polar surface area (TPSA) is 136 Å². The maximum Gasteiger partial charge on any atom is 0.356 e. The number of nitrogens with zero attached hydrogens (tertiary/aromatic N) is 2. The van der Waals surface area contributed by atoms with Crippen LogP contribution in [0.15, 0.2) is 54.2 Å². The first-order chi connectivity index (χ1) is 14.8. The molecule has 1 fully saturated rings. The Bertz CT molecular complexity index is 1080. The molecule has 2 aliphatic rings. The highest BCUT2D eigenvalue weighted by molar-refractivity contribution is 8.09. The van der Waals surface area contributed by atoms with E-state index in [0.717, 1.165) is 0 Å². The van der Waals surface area contributed by atoms with Gasteiger partial charge < -0.3 is 15.6 Å². The summed E-state index contributed by atoms with van der Waals surface area (Å²) in [6.45, 7) is 1.45. The van der Waals surface area contributed by atoms with E-state index in [-0.39, 0.29) is 29.3 Å². The molecule has 31 heavy (non-hydrogen) atoms. The Morgan fingerprint density at radius 1 is 1.26 bits per heavy atom. The number of carbonyl (C=O) groups excluding carboxylic acids is 2. The number of fused-ring (bicyclic) bond motifs is 1. The zero-order valence-corrected chi connectivity index (χ0v) is 17.2. The zero-order chi connectivity index (χ0) is 22.3. The van der Waals surface area contributed by atoms with Gasteiger partial charge in [0.1, 0.15) is 17.7 Å². The molecule has 2 aromatic carbocycles. The lowest BCUT2D eigenvalue weighted by molar-refractivity contribution is -0.384. The van der Waals surface area contributed by atoms with E-state index in [4.69, 9.17) is 10.5 Å². The monoisotopic (exact) mass is 441 g/mol. The molecule has 3 atom stereocenters. The van der Waals surface area contributed by atoms with Crippen LogP contribution < -0.4 is 5.73 Å². The lowest BCUT2D eigenvalue weighted by atomic mass is 9.92. The fraction of sp³-hybridized carbons (Fsp3) is 0.238. The number of aliphatic hydroxyl groups is 1. The number of nitrogens with two attached hydrogens (primary N) is 1. The van der Waals surface area contributed by atoms with Crippen molar-refractivity contribution in [3.63, 3.8) is 0 Å². The van der Waals surface area contributed by atoms with Crippen molar-refractivity contribution < 1.29 is 24.4 Å². The van der Waals surface area contributed by atoms with Crippen LogP contribution in [0.1, 0.15) is 18.1 Å². The second kappa shape index (κ2) is 8.05. The third-order valence-corrected chi connectivity index (χ3v) is 6.59. The van der Waals surface area contributed by atoms with Gasteiger partial charge in [-0.05, 0) is 42.3 Å². The minimum Gasteiger partial charge on any atom is -0.456 e. The molecule has 1 amide bonds. The number of thioether (sulfide) groups is 1. The Kier molecular flexibility index (Phi) is 5.42. The van der Waals surface area contributed by atoms with Crippen LogP contribution in [0.4, 0.5) is 11.4 Å². The number of ether oxygens (including phenoxy) is 1. The van der Waals surface area contributed by atoms with Gasteiger partial charge in [-0.15, -0.1) is 0 Å². The molecule has 160 valence electrons. The van der Waals surface area contributed by atoms with E-state index in [2.05, 4.69) is 0 Å². The number of nitrogen functional groups attached to an aromatic ring is 1. The van der Waals surface area contributed by atoms with E-state index in [1.807, 2.05) is 0 Å². The van der Waals surface area contributed by atoms with Crippen LogP contribution >= 0.6 is 11.8 Å². The molecule has 0 saturated carbocycles. The Hall–Kier alpha value is -3.37. The minimum atomic E-state index is -0.843. The van der Waals surface area contributed by atoms with Crippen molar-refractivity contribution in [1.29, 1.82) is 0 Å². The summed E-state index contributed by atoms with van der Waals surface area (Å²) in [6, 6.07) is 12.6.